The Balaban J connectivity index is 1.95. The maximum absolute atomic E-state index is 14.0. The van der Waals surface area contributed by atoms with E-state index in [0.29, 0.717) is 55.0 Å². The van der Waals surface area contributed by atoms with Crippen LogP contribution < -0.4 is 24.4 Å². The van der Waals surface area contributed by atoms with Crippen LogP contribution >= 0.6 is 22.9 Å². The third-order valence-corrected chi connectivity index (χ3v) is 7.98. The van der Waals surface area contributed by atoms with Crippen LogP contribution in [0.1, 0.15) is 83.0 Å². The molecule has 0 fully saturated rings. The number of esters is 1. The molecule has 0 spiro atoms. The van der Waals surface area contributed by atoms with E-state index in [1.165, 1.54) is 16.9 Å². The largest absolute Gasteiger partial charge is 0.493 e. The number of hydrogen-bond acceptors (Lipinski definition) is 7. The first-order chi connectivity index (χ1) is 19.6. The van der Waals surface area contributed by atoms with Gasteiger partial charge in [-0.15, -0.1) is 0 Å². The van der Waals surface area contributed by atoms with Gasteiger partial charge in [0.15, 0.2) is 16.3 Å². The lowest BCUT2D eigenvalue weighted by molar-refractivity contribution is -0.139. The number of ether oxygens (including phenoxy) is 3. The second-order valence-corrected chi connectivity index (χ2v) is 11.9. The Bertz CT molecular complexity index is 1630. The quantitative estimate of drug-likeness (QED) is 0.262. The van der Waals surface area contributed by atoms with E-state index in [4.69, 9.17) is 30.8 Å². The number of allylic oxidation sites excluding steroid dienone is 1. The highest BCUT2D eigenvalue weighted by Crippen LogP contribution is 2.37. The third-order valence-electron chi connectivity index (χ3n) is 6.71. The summed E-state index contributed by atoms with van der Waals surface area (Å²) in [6.07, 6.45) is 3.06. The fraction of sp³-hybridized carbons (Fsp3) is 0.406. The summed E-state index contributed by atoms with van der Waals surface area (Å²) in [6.45, 7) is 12.1. The van der Waals surface area contributed by atoms with Crippen molar-refractivity contribution in [1.29, 1.82) is 0 Å². The van der Waals surface area contributed by atoms with Crippen LogP contribution in [0, 0.1) is 0 Å². The Kier molecular flexibility index (Phi) is 9.76. The lowest BCUT2D eigenvalue weighted by Gasteiger charge is -2.26. The summed E-state index contributed by atoms with van der Waals surface area (Å²) < 4.78 is 18.9. The molecule has 1 aliphatic heterocycles. The summed E-state index contributed by atoms with van der Waals surface area (Å²) in [7, 11) is 1.55. The van der Waals surface area contributed by atoms with Gasteiger partial charge in [0.25, 0.3) is 5.56 Å². The summed E-state index contributed by atoms with van der Waals surface area (Å²) in [6, 6.07) is 11.0. The molecule has 0 N–H and O–H groups in total. The molecule has 1 atom stereocenters. The Labute approximate surface area is 249 Å². The van der Waals surface area contributed by atoms with Crippen molar-refractivity contribution in [3.63, 3.8) is 0 Å². The van der Waals surface area contributed by atoms with Gasteiger partial charge in [-0.2, -0.15) is 0 Å². The first-order valence-electron chi connectivity index (χ1n) is 13.9. The van der Waals surface area contributed by atoms with E-state index >= 15 is 0 Å². The first kappa shape index (κ1) is 30.6. The molecule has 41 heavy (non-hydrogen) atoms. The number of nitrogens with zero attached hydrogens (tertiary/aromatic N) is 2. The smallest absolute Gasteiger partial charge is 0.338 e. The number of rotatable bonds is 10. The van der Waals surface area contributed by atoms with E-state index in [2.05, 4.69) is 13.8 Å². The summed E-state index contributed by atoms with van der Waals surface area (Å²) >= 11 is 7.84. The molecule has 0 amide bonds. The van der Waals surface area contributed by atoms with Crippen molar-refractivity contribution in [2.24, 2.45) is 4.99 Å². The molecular formula is C32H37ClN2O5S. The molecular weight excluding hydrogens is 560 g/mol. The van der Waals surface area contributed by atoms with Crippen molar-refractivity contribution in [2.45, 2.75) is 72.4 Å². The van der Waals surface area contributed by atoms with Crippen LogP contribution in [0.4, 0.5) is 0 Å². The van der Waals surface area contributed by atoms with E-state index in [-0.39, 0.29) is 18.3 Å². The van der Waals surface area contributed by atoms with Gasteiger partial charge in [0.2, 0.25) is 0 Å². The van der Waals surface area contributed by atoms with E-state index in [0.717, 1.165) is 12.0 Å². The molecule has 0 saturated heterocycles. The molecule has 1 aromatic heterocycles. The lowest BCUT2D eigenvalue weighted by atomic mass is 9.92. The molecule has 2 aromatic carbocycles. The van der Waals surface area contributed by atoms with Crippen molar-refractivity contribution in [3.8, 4) is 11.5 Å². The van der Waals surface area contributed by atoms with Gasteiger partial charge in [0.05, 0.1) is 46.7 Å². The van der Waals surface area contributed by atoms with Gasteiger partial charge in [0, 0.05) is 0 Å². The van der Waals surface area contributed by atoms with Crippen LogP contribution in [0.3, 0.4) is 0 Å². The highest BCUT2D eigenvalue weighted by atomic mass is 35.5. The minimum Gasteiger partial charge on any atom is -0.493 e. The van der Waals surface area contributed by atoms with Crippen molar-refractivity contribution in [2.75, 3.05) is 13.7 Å². The Morgan fingerprint density at radius 1 is 1.15 bits per heavy atom. The zero-order chi connectivity index (χ0) is 29.8. The van der Waals surface area contributed by atoms with E-state index in [1.807, 2.05) is 45.0 Å². The van der Waals surface area contributed by atoms with Crippen LogP contribution in [0.25, 0.3) is 6.08 Å². The fourth-order valence-corrected chi connectivity index (χ4v) is 6.11. The van der Waals surface area contributed by atoms with Crippen LogP contribution in [0.15, 0.2) is 57.5 Å². The maximum atomic E-state index is 14.0. The van der Waals surface area contributed by atoms with Crippen molar-refractivity contribution in [1.82, 2.24) is 4.57 Å². The summed E-state index contributed by atoms with van der Waals surface area (Å²) in [4.78, 5) is 32.8. The van der Waals surface area contributed by atoms with Gasteiger partial charge in [-0.1, -0.05) is 74.4 Å². The molecule has 0 radical (unpaired) electrons. The minimum atomic E-state index is -0.657. The minimum absolute atomic E-state index is 0.0866. The molecule has 2 heterocycles. The van der Waals surface area contributed by atoms with Crippen LogP contribution in [0.2, 0.25) is 5.02 Å². The monoisotopic (exact) mass is 596 g/mol. The number of hydrogen-bond donors (Lipinski definition) is 0. The highest BCUT2D eigenvalue weighted by molar-refractivity contribution is 7.07. The second-order valence-electron chi connectivity index (χ2n) is 10.4. The lowest BCUT2D eigenvalue weighted by Crippen LogP contribution is -2.40. The van der Waals surface area contributed by atoms with Gasteiger partial charge in [-0.3, -0.25) is 9.36 Å². The molecule has 9 heteroatoms. The molecule has 0 unspecified atom stereocenters. The second kappa shape index (κ2) is 13.1. The number of carbonyl (C=O) groups excluding carboxylic acids is 1. The molecule has 1 aliphatic rings. The predicted octanol–water partition coefficient (Wildman–Crippen LogP) is 6.15. The summed E-state index contributed by atoms with van der Waals surface area (Å²) in [5.41, 5.74) is 3.49. The van der Waals surface area contributed by atoms with E-state index in [1.54, 1.807) is 36.8 Å². The molecule has 7 nitrogen and oxygen atoms in total. The number of benzene rings is 2. The summed E-state index contributed by atoms with van der Waals surface area (Å²) in [5, 5.41) is 0.384. The first-order valence-corrected chi connectivity index (χ1v) is 15.1. The van der Waals surface area contributed by atoms with Crippen LogP contribution in [-0.4, -0.2) is 30.4 Å². The molecule has 0 aliphatic carbocycles. The topological polar surface area (TPSA) is 79.1 Å². The van der Waals surface area contributed by atoms with Crippen molar-refractivity contribution >= 4 is 35.0 Å². The van der Waals surface area contributed by atoms with Gasteiger partial charge in [0.1, 0.15) is 0 Å². The predicted molar refractivity (Wildman–Crippen MR) is 164 cm³/mol. The SMILES string of the molecule is CCCC1=C(C(=O)OCC)[C@@H](c2ccc(C(C)C)cc2)n2c(s/c(=C\c3cc(Cl)c(OC(C)C)c(OC)c3)c2=O)=N1. The Morgan fingerprint density at radius 2 is 1.85 bits per heavy atom. The standard InChI is InChI=1S/C32H37ClN2O5S/c1-8-10-24-27(31(37)39-9-2)28(22-13-11-21(12-14-22)18(3)4)35-30(36)26(41-32(35)34-24)17-20-15-23(33)29(40-19(5)6)25(16-20)38-7/h11-19,28H,8-10H2,1-7H3/b26-17-/t28-/m1/s1. The maximum Gasteiger partial charge on any atom is 0.338 e. The molecule has 0 bridgehead atoms. The third kappa shape index (κ3) is 6.44. The number of aromatic nitrogens is 1. The zero-order valence-corrected chi connectivity index (χ0v) is 26.2. The number of fused-ring (bicyclic) bond motifs is 1. The van der Waals surface area contributed by atoms with Gasteiger partial charge < -0.3 is 14.2 Å². The number of methoxy groups -OCH3 is 1. The fourth-order valence-electron chi connectivity index (χ4n) is 4.82. The van der Waals surface area contributed by atoms with Crippen LogP contribution in [-0.2, 0) is 9.53 Å². The van der Waals surface area contributed by atoms with Gasteiger partial charge in [-0.25, -0.2) is 9.79 Å². The number of carbonyl (C=O) groups is 1. The normalized spacial score (nSPS) is 15.3. The molecule has 3 aromatic rings. The number of halogens is 1. The summed E-state index contributed by atoms with van der Waals surface area (Å²) in [5.74, 6) is 0.825. The molecule has 4 rings (SSSR count). The van der Waals surface area contributed by atoms with Crippen molar-refractivity contribution in [3.05, 3.63) is 89.1 Å². The molecule has 0 saturated carbocycles. The highest BCUT2D eigenvalue weighted by Gasteiger charge is 2.34. The van der Waals surface area contributed by atoms with Crippen LogP contribution in [0.5, 0.6) is 11.5 Å². The van der Waals surface area contributed by atoms with Crippen molar-refractivity contribution < 1.29 is 19.0 Å². The molecule has 218 valence electrons. The van der Waals surface area contributed by atoms with Gasteiger partial charge >= 0.3 is 5.97 Å². The van der Waals surface area contributed by atoms with Gasteiger partial charge in [-0.05, 0) is 68.0 Å². The average Bonchev–Trinajstić information content (AvgIpc) is 3.23. The van der Waals surface area contributed by atoms with E-state index < -0.39 is 12.0 Å². The number of thiazole rings is 1. The average molecular weight is 597 g/mol. The zero-order valence-electron chi connectivity index (χ0n) is 24.6. The Morgan fingerprint density at radius 3 is 2.44 bits per heavy atom. The van der Waals surface area contributed by atoms with E-state index in [9.17, 15) is 9.59 Å². The Hall–Kier alpha value is -3.36.